The molecule has 2 N–H and O–H groups in total. The highest BCUT2D eigenvalue weighted by molar-refractivity contribution is 5.73. The van der Waals surface area contributed by atoms with Crippen LogP contribution < -0.4 is 10.3 Å². The highest BCUT2D eigenvalue weighted by Crippen LogP contribution is 2.17. The third-order valence-electron chi connectivity index (χ3n) is 2.71. The van der Waals surface area contributed by atoms with Crippen LogP contribution in [0.3, 0.4) is 0 Å². The summed E-state index contributed by atoms with van der Waals surface area (Å²) in [6.07, 6.45) is 4.09. The second-order valence-corrected chi connectivity index (χ2v) is 4.16. The van der Waals surface area contributed by atoms with Crippen LogP contribution in [0.4, 0.5) is 5.69 Å². The van der Waals surface area contributed by atoms with Crippen LogP contribution in [-0.4, -0.2) is 20.8 Å². The van der Waals surface area contributed by atoms with Gasteiger partial charge in [0.2, 0.25) is 0 Å². The first-order valence-electron chi connectivity index (χ1n) is 5.90. The highest BCUT2D eigenvalue weighted by Gasteiger charge is 2.02. The fourth-order valence-electron chi connectivity index (χ4n) is 1.76. The minimum atomic E-state index is 0.179. The SMILES string of the molecule is O=Cc1cn2cc(NOc3ccc(O)cc3)ccc2n1. The maximum atomic E-state index is 10.7. The molecule has 0 atom stereocenters. The van der Waals surface area contributed by atoms with Crippen molar-refractivity contribution in [3.63, 3.8) is 0 Å². The summed E-state index contributed by atoms with van der Waals surface area (Å²) in [6.45, 7) is 0. The van der Waals surface area contributed by atoms with Gasteiger partial charge in [-0.05, 0) is 36.4 Å². The maximum absolute atomic E-state index is 10.7. The van der Waals surface area contributed by atoms with Crippen molar-refractivity contribution in [2.24, 2.45) is 0 Å². The van der Waals surface area contributed by atoms with Gasteiger partial charge in [-0.1, -0.05) is 0 Å². The van der Waals surface area contributed by atoms with Gasteiger partial charge in [-0.25, -0.2) is 10.5 Å². The number of carbonyl (C=O) groups is 1. The summed E-state index contributed by atoms with van der Waals surface area (Å²) in [5.41, 5.74) is 4.55. The summed E-state index contributed by atoms with van der Waals surface area (Å²) >= 11 is 0. The van der Waals surface area contributed by atoms with Crippen molar-refractivity contribution in [1.29, 1.82) is 0 Å². The maximum Gasteiger partial charge on any atom is 0.170 e. The minimum Gasteiger partial charge on any atom is -0.508 e. The number of aromatic nitrogens is 2. The third kappa shape index (κ3) is 2.39. The summed E-state index contributed by atoms with van der Waals surface area (Å²) in [5.74, 6) is 0.751. The number of hydrogen-bond donors (Lipinski definition) is 2. The van der Waals surface area contributed by atoms with E-state index in [1.165, 1.54) is 12.1 Å². The molecular weight excluding hydrogens is 258 g/mol. The molecule has 3 rings (SSSR count). The fourth-order valence-corrected chi connectivity index (χ4v) is 1.76. The first kappa shape index (κ1) is 12.0. The Balaban J connectivity index is 1.76. The predicted molar refractivity (Wildman–Crippen MR) is 72.9 cm³/mol. The predicted octanol–water partition coefficient (Wildman–Crippen LogP) is 2.26. The van der Waals surface area contributed by atoms with Gasteiger partial charge in [0.15, 0.2) is 12.0 Å². The fraction of sp³-hybridized carbons (Fsp3) is 0. The van der Waals surface area contributed by atoms with E-state index in [1.54, 1.807) is 41.1 Å². The molecule has 6 heteroatoms. The van der Waals surface area contributed by atoms with E-state index in [1.807, 2.05) is 0 Å². The number of rotatable bonds is 4. The zero-order chi connectivity index (χ0) is 13.9. The van der Waals surface area contributed by atoms with Crippen LogP contribution in [0.1, 0.15) is 10.5 Å². The minimum absolute atomic E-state index is 0.179. The first-order chi connectivity index (χ1) is 9.74. The number of phenolic OH excluding ortho intramolecular Hbond substituents is 1. The van der Waals surface area contributed by atoms with Crippen LogP contribution in [-0.2, 0) is 0 Å². The molecule has 0 aliphatic rings. The van der Waals surface area contributed by atoms with Crippen LogP contribution in [0.25, 0.3) is 5.65 Å². The number of pyridine rings is 1. The van der Waals surface area contributed by atoms with Gasteiger partial charge in [0, 0.05) is 12.4 Å². The molecule has 0 unspecified atom stereocenters. The number of carbonyl (C=O) groups excluding carboxylic acids is 1. The molecule has 2 heterocycles. The van der Waals surface area contributed by atoms with Crippen LogP contribution in [0, 0.1) is 0 Å². The second kappa shape index (κ2) is 4.93. The molecule has 0 spiro atoms. The second-order valence-electron chi connectivity index (χ2n) is 4.16. The zero-order valence-corrected chi connectivity index (χ0v) is 10.4. The molecule has 6 nitrogen and oxygen atoms in total. The molecule has 3 aromatic rings. The number of phenols is 1. The van der Waals surface area contributed by atoms with Crippen LogP contribution in [0.2, 0.25) is 0 Å². The summed E-state index contributed by atoms with van der Waals surface area (Å²) in [7, 11) is 0. The summed E-state index contributed by atoms with van der Waals surface area (Å²) in [6, 6.07) is 9.91. The van der Waals surface area contributed by atoms with Gasteiger partial charge in [0.1, 0.15) is 17.1 Å². The van der Waals surface area contributed by atoms with Crippen molar-refractivity contribution in [2.75, 3.05) is 5.48 Å². The number of nitrogens with one attached hydrogen (secondary N) is 1. The molecule has 2 aromatic heterocycles. The Morgan fingerprint density at radius 3 is 2.70 bits per heavy atom. The van der Waals surface area contributed by atoms with Crippen molar-refractivity contribution >= 4 is 17.6 Å². The Kier molecular flexibility index (Phi) is 2.96. The molecule has 0 amide bonds. The normalized spacial score (nSPS) is 10.4. The molecule has 0 aliphatic carbocycles. The van der Waals surface area contributed by atoms with Gasteiger partial charge < -0.3 is 14.3 Å². The Morgan fingerprint density at radius 2 is 1.95 bits per heavy atom. The monoisotopic (exact) mass is 269 g/mol. The topological polar surface area (TPSA) is 75.9 Å². The standard InChI is InChI=1S/C14H11N3O3/c18-9-11-8-17-7-10(1-6-14(17)15-11)16-20-13-4-2-12(19)3-5-13/h1-9,16,19H. The van der Waals surface area contributed by atoms with Crippen LogP contribution >= 0.6 is 0 Å². The molecular formula is C14H11N3O3. The average molecular weight is 269 g/mol. The number of anilines is 1. The van der Waals surface area contributed by atoms with Crippen LogP contribution in [0.5, 0.6) is 11.5 Å². The quantitative estimate of drug-likeness (QED) is 0.561. The van der Waals surface area contributed by atoms with Gasteiger partial charge in [-0.15, -0.1) is 0 Å². The molecule has 0 radical (unpaired) electrons. The summed E-state index contributed by atoms with van der Waals surface area (Å²) in [5, 5.41) is 9.17. The van der Waals surface area contributed by atoms with Gasteiger partial charge in [-0.3, -0.25) is 4.79 Å². The number of imidazole rings is 1. The number of nitrogens with zero attached hydrogens (tertiary/aromatic N) is 2. The number of aldehydes is 1. The van der Waals surface area contributed by atoms with E-state index in [9.17, 15) is 9.90 Å². The largest absolute Gasteiger partial charge is 0.508 e. The third-order valence-corrected chi connectivity index (χ3v) is 2.71. The van der Waals surface area contributed by atoms with Gasteiger partial charge in [0.25, 0.3) is 0 Å². The molecule has 0 aliphatic heterocycles. The lowest BCUT2D eigenvalue weighted by Crippen LogP contribution is -2.05. The highest BCUT2D eigenvalue weighted by atomic mass is 16.6. The molecule has 0 fully saturated rings. The molecule has 0 saturated heterocycles. The Bertz CT molecular complexity index is 750. The van der Waals surface area contributed by atoms with Gasteiger partial charge in [-0.2, -0.15) is 0 Å². The van der Waals surface area contributed by atoms with Crippen molar-refractivity contribution in [2.45, 2.75) is 0 Å². The van der Waals surface area contributed by atoms with Gasteiger partial charge in [0.05, 0.1) is 5.69 Å². The van der Waals surface area contributed by atoms with E-state index >= 15 is 0 Å². The van der Waals surface area contributed by atoms with E-state index in [0.29, 0.717) is 29.1 Å². The molecule has 0 bridgehead atoms. The lowest BCUT2D eigenvalue weighted by Gasteiger charge is -2.08. The van der Waals surface area contributed by atoms with Crippen LogP contribution in [0.15, 0.2) is 48.8 Å². The zero-order valence-electron chi connectivity index (χ0n) is 10.4. The molecule has 20 heavy (non-hydrogen) atoms. The lowest BCUT2D eigenvalue weighted by molar-refractivity contribution is 0.111. The van der Waals surface area contributed by atoms with Gasteiger partial charge >= 0.3 is 0 Å². The summed E-state index contributed by atoms with van der Waals surface area (Å²) < 4.78 is 1.73. The Labute approximate surface area is 114 Å². The Hall–Kier alpha value is -3.02. The van der Waals surface area contributed by atoms with E-state index in [0.717, 1.165) is 0 Å². The van der Waals surface area contributed by atoms with Crippen molar-refractivity contribution < 1.29 is 14.7 Å². The molecule has 0 saturated carbocycles. The average Bonchev–Trinajstić information content (AvgIpc) is 2.89. The molecule has 1 aromatic carbocycles. The number of aromatic hydroxyl groups is 1. The number of hydrogen-bond acceptors (Lipinski definition) is 5. The Morgan fingerprint density at radius 1 is 1.15 bits per heavy atom. The van der Waals surface area contributed by atoms with E-state index in [-0.39, 0.29) is 5.75 Å². The van der Waals surface area contributed by atoms with Crippen molar-refractivity contribution in [1.82, 2.24) is 9.38 Å². The lowest BCUT2D eigenvalue weighted by atomic mass is 10.3. The summed E-state index contributed by atoms with van der Waals surface area (Å²) in [4.78, 5) is 20.1. The number of benzene rings is 1. The van der Waals surface area contributed by atoms with E-state index in [4.69, 9.17) is 4.84 Å². The molecule has 100 valence electrons. The smallest absolute Gasteiger partial charge is 0.170 e. The van der Waals surface area contributed by atoms with E-state index < -0.39 is 0 Å². The van der Waals surface area contributed by atoms with Crippen molar-refractivity contribution in [3.8, 4) is 11.5 Å². The van der Waals surface area contributed by atoms with E-state index in [2.05, 4.69) is 10.5 Å². The first-order valence-corrected chi connectivity index (χ1v) is 5.90. The van der Waals surface area contributed by atoms with Crippen molar-refractivity contribution in [3.05, 3.63) is 54.5 Å². The number of fused-ring (bicyclic) bond motifs is 1.